The molecule has 0 aliphatic carbocycles. The molecule has 0 unspecified atom stereocenters. The Labute approximate surface area is 123 Å². The molecule has 1 aromatic carbocycles. The van der Waals surface area contributed by atoms with Crippen LogP contribution < -0.4 is 0 Å². The fraction of sp³-hybridized carbons (Fsp3) is 0.579. The van der Waals surface area contributed by atoms with Gasteiger partial charge in [0, 0.05) is 17.1 Å². The maximum atomic E-state index is 3.37. The molecule has 2 aromatic rings. The molecule has 1 nitrogen and oxygen atoms in total. The monoisotopic (exact) mass is 271 g/mol. The molecular weight excluding hydrogens is 242 g/mol. The Morgan fingerprint density at radius 1 is 0.800 bits per heavy atom. The zero-order valence-corrected chi connectivity index (χ0v) is 13.0. The predicted molar refractivity (Wildman–Crippen MR) is 89.2 cm³/mol. The number of unbranched alkanes of at least 4 members (excludes halogenated alkanes) is 8. The second kappa shape index (κ2) is 8.84. The van der Waals surface area contributed by atoms with Crippen LogP contribution in [-0.4, -0.2) is 4.98 Å². The normalized spacial score (nSPS) is 11.2. The van der Waals surface area contributed by atoms with Crippen molar-refractivity contribution in [3.8, 4) is 0 Å². The summed E-state index contributed by atoms with van der Waals surface area (Å²) in [7, 11) is 0. The first-order valence-corrected chi connectivity index (χ1v) is 8.47. The van der Waals surface area contributed by atoms with E-state index < -0.39 is 0 Å². The first kappa shape index (κ1) is 15.2. The molecule has 0 aliphatic rings. The van der Waals surface area contributed by atoms with Gasteiger partial charge in [-0.2, -0.15) is 0 Å². The van der Waals surface area contributed by atoms with Gasteiger partial charge in [-0.1, -0.05) is 76.5 Å². The molecule has 1 aromatic heterocycles. The Bertz CT molecular complexity index is 483. The second-order valence-electron chi connectivity index (χ2n) is 5.94. The van der Waals surface area contributed by atoms with E-state index in [1.165, 1.54) is 80.7 Å². The number of hydrogen-bond acceptors (Lipinski definition) is 0. The smallest absolute Gasteiger partial charge is 0.0456 e. The van der Waals surface area contributed by atoms with E-state index in [2.05, 4.69) is 42.4 Å². The summed E-state index contributed by atoms with van der Waals surface area (Å²) in [5.41, 5.74) is 2.77. The van der Waals surface area contributed by atoms with Gasteiger partial charge in [0.1, 0.15) is 0 Å². The van der Waals surface area contributed by atoms with Crippen LogP contribution >= 0.6 is 0 Å². The summed E-state index contributed by atoms with van der Waals surface area (Å²) in [6, 6.07) is 8.63. The van der Waals surface area contributed by atoms with Gasteiger partial charge in [0.25, 0.3) is 0 Å². The highest BCUT2D eigenvalue weighted by atomic mass is 14.7. The number of aryl methyl sites for hydroxylation is 1. The van der Waals surface area contributed by atoms with Gasteiger partial charge in [0.05, 0.1) is 0 Å². The zero-order valence-electron chi connectivity index (χ0n) is 13.0. The third kappa shape index (κ3) is 4.70. The van der Waals surface area contributed by atoms with Crippen LogP contribution in [0.1, 0.15) is 70.3 Å². The van der Waals surface area contributed by atoms with E-state index in [1.807, 2.05) is 0 Å². The minimum Gasteiger partial charge on any atom is -0.361 e. The van der Waals surface area contributed by atoms with Crippen molar-refractivity contribution in [1.82, 2.24) is 4.98 Å². The third-order valence-corrected chi connectivity index (χ3v) is 4.22. The van der Waals surface area contributed by atoms with Gasteiger partial charge in [-0.25, -0.2) is 0 Å². The van der Waals surface area contributed by atoms with E-state index in [9.17, 15) is 0 Å². The van der Waals surface area contributed by atoms with Crippen molar-refractivity contribution in [2.75, 3.05) is 0 Å². The Morgan fingerprint density at radius 2 is 1.45 bits per heavy atom. The summed E-state index contributed by atoms with van der Waals surface area (Å²) in [5.74, 6) is 0. The lowest BCUT2D eigenvalue weighted by molar-refractivity contribution is 0.565. The standard InChI is InChI=1S/C19H29N/c1-2-3-4-5-6-7-8-9-10-13-17-16-20-19-15-12-11-14-18(17)19/h11-12,14-16,20H,2-10,13H2,1H3. The van der Waals surface area contributed by atoms with Crippen LogP contribution in [0.3, 0.4) is 0 Å². The van der Waals surface area contributed by atoms with Crippen molar-refractivity contribution in [2.24, 2.45) is 0 Å². The molecule has 1 N–H and O–H groups in total. The minimum atomic E-state index is 1.22. The molecule has 0 radical (unpaired) electrons. The molecular formula is C19H29N. The van der Waals surface area contributed by atoms with Crippen molar-refractivity contribution in [3.05, 3.63) is 36.0 Å². The van der Waals surface area contributed by atoms with Crippen LogP contribution in [0.2, 0.25) is 0 Å². The molecule has 0 amide bonds. The number of hydrogen-bond donors (Lipinski definition) is 1. The predicted octanol–water partition coefficient (Wildman–Crippen LogP) is 6.24. The number of rotatable bonds is 10. The highest BCUT2D eigenvalue weighted by Gasteiger charge is 2.02. The highest BCUT2D eigenvalue weighted by molar-refractivity contribution is 5.82. The third-order valence-electron chi connectivity index (χ3n) is 4.22. The number of nitrogens with one attached hydrogen (secondary N) is 1. The van der Waals surface area contributed by atoms with Crippen LogP contribution in [0, 0.1) is 0 Å². The van der Waals surface area contributed by atoms with Crippen LogP contribution in [-0.2, 0) is 6.42 Å². The van der Waals surface area contributed by atoms with E-state index in [-0.39, 0.29) is 0 Å². The lowest BCUT2D eigenvalue weighted by Crippen LogP contribution is -1.85. The molecule has 110 valence electrons. The van der Waals surface area contributed by atoms with Crippen LogP contribution in [0.5, 0.6) is 0 Å². The molecule has 0 aliphatic heterocycles. The van der Waals surface area contributed by atoms with Gasteiger partial charge in [-0.3, -0.25) is 0 Å². The Kier molecular flexibility index (Phi) is 6.70. The van der Waals surface area contributed by atoms with Gasteiger partial charge in [0.15, 0.2) is 0 Å². The summed E-state index contributed by atoms with van der Waals surface area (Å²) in [4.78, 5) is 3.37. The summed E-state index contributed by atoms with van der Waals surface area (Å²) in [5, 5.41) is 1.41. The van der Waals surface area contributed by atoms with Crippen molar-refractivity contribution < 1.29 is 0 Å². The van der Waals surface area contributed by atoms with Gasteiger partial charge < -0.3 is 4.98 Å². The van der Waals surface area contributed by atoms with Crippen molar-refractivity contribution in [1.29, 1.82) is 0 Å². The van der Waals surface area contributed by atoms with Gasteiger partial charge in [-0.05, 0) is 24.5 Å². The molecule has 1 heterocycles. The fourth-order valence-electron chi connectivity index (χ4n) is 2.96. The van der Waals surface area contributed by atoms with Crippen molar-refractivity contribution >= 4 is 10.9 Å². The molecule has 0 saturated heterocycles. The van der Waals surface area contributed by atoms with Gasteiger partial charge >= 0.3 is 0 Å². The summed E-state index contributed by atoms with van der Waals surface area (Å²) < 4.78 is 0. The average Bonchev–Trinajstić information content (AvgIpc) is 2.89. The van der Waals surface area contributed by atoms with Crippen molar-refractivity contribution in [3.63, 3.8) is 0 Å². The number of fused-ring (bicyclic) bond motifs is 1. The quantitative estimate of drug-likeness (QED) is 0.492. The summed E-state index contributed by atoms with van der Waals surface area (Å²) >= 11 is 0. The maximum absolute atomic E-state index is 3.37. The van der Waals surface area contributed by atoms with Gasteiger partial charge in [0.2, 0.25) is 0 Å². The van der Waals surface area contributed by atoms with E-state index in [0.717, 1.165) is 0 Å². The number of H-pyrrole nitrogens is 1. The number of para-hydroxylation sites is 1. The van der Waals surface area contributed by atoms with E-state index in [4.69, 9.17) is 0 Å². The summed E-state index contributed by atoms with van der Waals surface area (Å²) in [6.07, 6.45) is 16.0. The Hall–Kier alpha value is -1.24. The number of benzene rings is 1. The van der Waals surface area contributed by atoms with Crippen molar-refractivity contribution in [2.45, 2.75) is 71.1 Å². The molecule has 0 bridgehead atoms. The molecule has 0 atom stereocenters. The van der Waals surface area contributed by atoms with Crippen LogP contribution in [0.4, 0.5) is 0 Å². The molecule has 2 rings (SSSR count). The first-order valence-electron chi connectivity index (χ1n) is 8.47. The molecule has 0 saturated carbocycles. The van der Waals surface area contributed by atoms with Gasteiger partial charge in [-0.15, -0.1) is 0 Å². The number of aromatic nitrogens is 1. The minimum absolute atomic E-state index is 1.22. The highest BCUT2D eigenvalue weighted by Crippen LogP contribution is 2.20. The Balaban J connectivity index is 1.57. The topological polar surface area (TPSA) is 15.8 Å². The van der Waals surface area contributed by atoms with E-state index in [0.29, 0.717) is 0 Å². The first-order chi connectivity index (χ1) is 9.92. The molecule has 1 heteroatoms. The molecule has 20 heavy (non-hydrogen) atoms. The average molecular weight is 271 g/mol. The van der Waals surface area contributed by atoms with E-state index in [1.54, 1.807) is 0 Å². The molecule has 0 fully saturated rings. The summed E-state index contributed by atoms with van der Waals surface area (Å²) in [6.45, 7) is 2.28. The lowest BCUT2D eigenvalue weighted by Gasteiger charge is -2.02. The largest absolute Gasteiger partial charge is 0.361 e. The van der Waals surface area contributed by atoms with Crippen LogP contribution in [0.25, 0.3) is 10.9 Å². The van der Waals surface area contributed by atoms with E-state index >= 15 is 0 Å². The molecule has 0 spiro atoms. The zero-order chi connectivity index (χ0) is 14.0. The van der Waals surface area contributed by atoms with Crippen LogP contribution in [0.15, 0.2) is 30.5 Å². The maximum Gasteiger partial charge on any atom is 0.0456 e. The fourth-order valence-corrected chi connectivity index (χ4v) is 2.96. The number of aromatic amines is 1. The second-order valence-corrected chi connectivity index (χ2v) is 5.94. The lowest BCUT2D eigenvalue weighted by atomic mass is 10.0. The SMILES string of the molecule is CCCCCCCCCCCc1c[nH]c2ccccc12. The Morgan fingerprint density at radius 3 is 2.20 bits per heavy atom.